The summed E-state index contributed by atoms with van der Waals surface area (Å²) >= 11 is 0. The summed E-state index contributed by atoms with van der Waals surface area (Å²) in [4.78, 5) is 14.5. The van der Waals surface area contributed by atoms with Gasteiger partial charge < -0.3 is 10.1 Å². The minimum atomic E-state index is -4.52. The van der Waals surface area contributed by atoms with E-state index < -0.39 is 11.9 Å². The van der Waals surface area contributed by atoms with Crippen LogP contribution >= 0.6 is 0 Å². The number of nitrogens with one attached hydrogen (secondary N) is 1. The van der Waals surface area contributed by atoms with E-state index in [0.29, 0.717) is 23.1 Å². The number of amidine groups is 1. The molecule has 5 rings (SSSR count). The zero-order chi connectivity index (χ0) is 18.6. The van der Waals surface area contributed by atoms with Crippen LogP contribution in [0, 0.1) is 5.92 Å². The molecular formula is C17H17F3N6O. The number of alkyl halides is 3. The molecule has 0 bridgehead atoms. The summed E-state index contributed by atoms with van der Waals surface area (Å²) in [7, 11) is 0. The van der Waals surface area contributed by atoms with Crippen LogP contribution in [0.5, 0.6) is 0 Å². The van der Waals surface area contributed by atoms with Crippen molar-refractivity contribution in [1.29, 1.82) is 0 Å². The number of likely N-dealkylation sites (tertiary alicyclic amines) is 1. The summed E-state index contributed by atoms with van der Waals surface area (Å²) in [6, 6.07) is 0. The van der Waals surface area contributed by atoms with Crippen LogP contribution in [0.25, 0.3) is 5.65 Å². The molecule has 0 aliphatic carbocycles. The van der Waals surface area contributed by atoms with E-state index in [9.17, 15) is 13.2 Å². The molecule has 3 aliphatic rings. The van der Waals surface area contributed by atoms with Crippen LogP contribution in [0.3, 0.4) is 0 Å². The predicted molar refractivity (Wildman–Crippen MR) is 90.0 cm³/mol. The van der Waals surface area contributed by atoms with Crippen molar-refractivity contribution in [3.05, 3.63) is 42.3 Å². The lowest BCUT2D eigenvalue weighted by Crippen LogP contribution is -2.37. The highest BCUT2D eigenvalue weighted by molar-refractivity contribution is 5.99. The van der Waals surface area contributed by atoms with Gasteiger partial charge in [0.05, 0.1) is 18.5 Å². The second-order valence-corrected chi connectivity index (χ2v) is 6.95. The Kier molecular flexibility index (Phi) is 3.73. The fourth-order valence-electron chi connectivity index (χ4n) is 3.91. The summed E-state index contributed by atoms with van der Waals surface area (Å²) in [6.45, 7) is 2.54. The number of fused-ring (bicyclic) bond motifs is 2. The first-order chi connectivity index (χ1) is 13.0. The molecule has 0 spiro atoms. The van der Waals surface area contributed by atoms with Crippen molar-refractivity contribution in [3.63, 3.8) is 0 Å². The zero-order valence-electron chi connectivity index (χ0n) is 14.2. The highest BCUT2D eigenvalue weighted by Crippen LogP contribution is 2.31. The van der Waals surface area contributed by atoms with E-state index in [4.69, 9.17) is 9.73 Å². The highest BCUT2D eigenvalue weighted by Gasteiger charge is 2.40. The summed E-state index contributed by atoms with van der Waals surface area (Å²) in [5.74, 6) is 1.01. The van der Waals surface area contributed by atoms with Gasteiger partial charge in [-0.05, 0) is 12.5 Å². The van der Waals surface area contributed by atoms with Crippen molar-refractivity contribution in [2.24, 2.45) is 10.9 Å². The van der Waals surface area contributed by atoms with Crippen LogP contribution in [-0.2, 0) is 10.9 Å². The number of rotatable bonds is 2. The molecule has 0 saturated carbocycles. The van der Waals surface area contributed by atoms with Crippen molar-refractivity contribution in [3.8, 4) is 0 Å². The standard InChI is InChI=1S/C17H17F3N6O/c18-17(19,20)13-9-26-11(5-23-15(26)6-22-13)16-21-3-1-14(24-16)25-7-10-2-4-27-12(10)8-25/h1,3,5-6,9-10,12,14H,2,4,7-8H2,(H,21,24). The van der Waals surface area contributed by atoms with E-state index in [0.717, 1.165) is 38.5 Å². The Morgan fingerprint density at radius 1 is 1.19 bits per heavy atom. The van der Waals surface area contributed by atoms with E-state index in [1.165, 1.54) is 10.6 Å². The Labute approximate surface area is 152 Å². The zero-order valence-corrected chi connectivity index (χ0v) is 14.2. The monoisotopic (exact) mass is 378 g/mol. The van der Waals surface area contributed by atoms with Gasteiger partial charge in [-0.15, -0.1) is 0 Å². The van der Waals surface area contributed by atoms with E-state index in [1.807, 2.05) is 6.08 Å². The van der Waals surface area contributed by atoms with Crippen LogP contribution in [0.1, 0.15) is 17.8 Å². The number of aromatic nitrogens is 3. The molecule has 7 nitrogen and oxygen atoms in total. The average Bonchev–Trinajstić information content (AvgIpc) is 3.34. The fraction of sp³-hybridized carbons (Fsp3) is 0.471. The van der Waals surface area contributed by atoms with Crippen molar-refractivity contribution in [2.45, 2.75) is 24.9 Å². The largest absolute Gasteiger partial charge is 0.434 e. The number of aliphatic imine (C=N–C) groups is 1. The maximum atomic E-state index is 13.0. The van der Waals surface area contributed by atoms with Gasteiger partial charge in [0, 0.05) is 38.0 Å². The Morgan fingerprint density at radius 3 is 2.89 bits per heavy atom. The number of hydrogen-bond donors (Lipinski definition) is 1. The van der Waals surface area contributed by atoms with Gasteiger partial charge in [0.25, 0.3) is 0 Å². The van der Waals surface area contributed by atoms with Crippen molar-refractivity contribution in [2.75, 3.05) is 19.7 Å². The minimum Gasteiger partial charge on any atom is -0.377 e. The third-order valence-electron chi connectivity index (χ3n) is 5.28. The Morgan fingerprint density at radius 2 is 2.07 bits per heavy atom. The van der Waals surface area contributed by atoms with Gasteiger partial charge in [-0.1, -0.05) is 0 Å². The number of ether oxygens (including phenoxy) is 1. The van der Waals surface area contributed by atoms with Crippen LogP contribution in [0.15, 0.2) is 35.9 Å². The molecule has 3 atom stereocenters. The lowest BCUT2D eigenvalue weighted by molar-refractivity contribution is -0.141. The average molecular weight is 378 g/mol. The van der Waals surface area contributed by atoms with E-state index >= 15 is 0 Å². The molecule has 1 N–H and O–H groups in total. The minimum absolute atomic E-state index is 0.176. The molecular weight excluding hydrogens is 361 g/mol. The van der Waals surface area contributed by atoms with Gasteiger partial charge in [-0.3, -0.25) is 9.30 Å². The Bertz CT molecular complexity index is 924. The van der Waals surface area contributed by atoms with Gasteiger partial charge in [-0.2, -0.15) is 13.2 Å². The van der Waals surface area contributed by atoms with Gasteiger partial charge in [0.2, 0.25) is 0 Å². The smallest absolute Gasteiger partial charge is 0.377 e. The molecule has 142 valence electrons. The Balaban J connectivity index is 1.46. The van der Waals surface area contributed by atoms with Gasteiger partial charge in [-0.25, -0.2) is 15.0 Å². The first-order valence-corrected chi connectivity index (χ1v) is 8.76. The van der Waals surface area contributed by atoms with Crippen LogP contribution in [-0.4, -0.2) is 57.1 Å². The summed E-state index contributed by atoms with van der Waals surface area (Å²) in [5.41, 5.74) is -0.178. The van der Waals surface area contributed by atoms with Crippen molar-refractivity contribution in [1.82, 2.24) is 24.6 Å². The number of hydrogen-bond acceptors (Lipinski definition) is 6. The molecule has 2 fully saturated rings. The molecule has 3 aliphatic heterocycles. The second kappa shape index (κ2) is 6.03. The summed E-state index contributed by atoms with van der Waals surface area (Å²) in [5, 5.41) is 3.02. The van der Waals surface area contributed by atoms with Crippen molar-refractivity contribution < 1.29 is 17.9 Å². The van der Waals surface area contributed by atoms with Gasteiger partial charge in [0.1, 0.15) is 11.9 Å². The summed E-state index contributed by atoms with van der Waals surface area (Å²) in [6.07, 6.45) is 3.89. The van der Waals surface area contributed by atoms with Gasteiger partial charge >= 0.3 is 6.18 Å². The molecule has 2 aromatic rings. The van der Waals surface area contributed by atoms with Crippen LogP contribution in [0.4, 0.5) is 13.2 Å². The maximum absolute atomic E-state index is 13.0. The number of nitrogens with zero attached hydrogens (tertiary/aromatic N) is 5. The quantitative estimate of drug-likeness (QED) is 0.861. The molecule has 10 heteroatoms. The number of imidazole rings is 1. The first kappa shape index (κ1) is 16.7. The Hall–Kier alpha value is -2.46. The normalized spacial score (nSPS) is 28.4. The molecule has 2 saturated heterocycles. The third kappa shape index (κ3) is 2.88. The topological polar surface area (TPSA) is 67.0 Å². The van der Waals surface area contributed by atoms with E-state index in [1.54, 1.807) is 6.20 Å². The van der Waals surface area contributed by atoms with Gasteiger partial charge in [0.15, 0.2) is 17.2 Å². The number of halogens is 3. The predicted octanol–water partition coefficient (Wildman–Crippen LogP) is 1.66. The molecule has 0 aromatic carbocycles. The highest BCUT2D eigenvalue weighted by atomic mass is 19.4. The lowest BCUT2D eigenvalue weighted by Gasteiger charge is -2.25. The molecule has 2 aromatic heterocycles. The van der Waals surface area contributed by atoms with Crippen LogP contribution < -0.4 is 5.32 Å². The molecule has 0 amide bonds. The van der Waals surface area contributed by atoms with Crippen LogP contribution in [0.2, 0.25) is 0 Å². The molecule has 5 heterocycles. The molecule has 0 radical (unpaired) electrons. The second-order valence-electron chi connectivity index (χ2n) is 6.95. The first-order valence-electron chi connectivity index (χ1n) is 8.76. The summed E-state index contributed by atoms with van der Waals surface area (Å²) < 4.78 is 46.1. The van der Waals surface area contributed by atoms with Crippen molar-refractivity contribution >= 4 is 11.5 Å². The molecule has 3 unspecified atom stereocenters. The fourth-order valence-corrected chi connectivity index (χ4v) is 3.91. The maximum Gasteiger partial charge on any atom is 0.434 e. The lowest BCUT2D eigenvalue weighted by atomic mass is 10.1. The third-order valence-corrected chi connectivity index (χ3v) is 5.28. The van der Waals surface area contributed by atoms with E-state index in [2.05, 4.69) is 20.2 Å². The van der Waals surface area contributed by atoms with E-state index in [-0.39, 0.29) is 12.3 Å². The molecule has 27 heavy (non-hydrogen) atoms. The SMILES string of the molecule is FC(F)(F)c1cn2c(C3=NC(N4CC5CCOC5C4)C=CN3)cnc2cn1.